The Bertz CT molecular complexity index is 732. The van der Waals surface area contributed by atoms with Crippen LogP contribution in [0.2, 0.25) is 0 Å². The summed E-state index contributed by atoms with van der Waals surface area (Å²) in [5.74, 6) is 3.34. The molecule has 3 rings (SSSR count). The van der Waals surface area contributed by atoms with Crippen LogP contribution >= 0.6 is 11.6 Å². The summed E-state index contributed by atoms with van der Waals surface area (Å²) >= 11 is 5.90. The number of halogens is 1. The summed E-state index contributed by atoms with van der Waals surface area (Å²) in [7, 11) is 0. The molecule has 1 atom stereocenters. The highest BCUT2D eigenvalue weighted by atomic mass is 35.5. The average Bonchev–Trinajstić information content (AvgIpc) is 3.02. The molecule has 0 N–H and O–H groups in total. The molecule has 3 heterocycles. The maximum atomic E-state index is 5.90. The Kier molecular flexibility index (Phi) is 3.49. The van der Waals surface area contributed by atoms with Crippen molar-refractivity contribution in [1.29, 1.82) is 0 Å². The van der Waals surface area contributed by atoms with Gasteiger partial charge >= 0.3 is 0 Å². The van der Waals surface area contributed by atoms with Gasteiger partial charge in [-0.25, -0.2) is 4.98 Å². The molecule has 0 aliphatic heterocycles. The number of aromatic nitrogens is 3. The van der Waals surface area contributed by atoms with Gasteiger partial charge in [-0.15, -0.1) is 11.6 Å². The molecule has 1 unspecified atom stereocenters. The molecule has 4 nitrogen and oxygen atoms in total. The Hall–Kier alpha value is -1.81. The fourth-order valence-corrected chi connectivity index (χ4v) is 2.67. The number of pyridine rings is 1. The zero-order valence-corrected chi connectivity index (χ0v) is 12.3. The highest BCUT2D eigenvalue weighted by Gasteiger charge is 2.19. The highest BCUT2D eigenvalue weighted by molar-refractivity contribution is 6.17. The number of fused-ring (bicyclic) bond motifs is 1. The summed E-state index contributed by atoms with van der Waals surface area (Å²) in [6.07, 6.45) is 4.29. The molecule has 20 heavy (non-hydrogen) atoms. The van der Waals surface area contributed by atoms with Crippen LogP contribution in [0.1, 0.15) is 30.3 Å². The van der Waals surface area contributed by atoms with E-state index in [1.54, 1.807) is 12.4 Å². The first-order valence-electron chi connectivity index (χ1n) is 6.64. The van der Waals surface area contributed by atoms with E-state index < -0.39 is 0 Å². The minimum atomic E-state index is 0.0781. The molecule has 0 aromatic carbocycles. The van der Waals surface area contributed by atoms with Gasteiger partial charge in [0, 0.05) is 18.5 Å². The minimum Gasteiger partial charge on any atom is -0.464 e. The van der Waals surface area contributed by atoms with Crippen molar-refractivity contribution in [3.63, 3.8) is 0 Å². The van der Waals surface area contributed by atoms with Gasteiger partial charge < -0.3 is 8.98 Å². The Morgan fingerprint density at radius 3 is 2.90 bits per heavy atom. The van der Waals surface area contributed by atoms with Crippen LogP contribution in [0.25, 0.3) is 11.0 Å². The molecule has 0 aliphatic rings. The van der Waals surface area contributed by atoms with Crippen molar-refractivity contribution in [2.45, 2.75) is 26.3 Å². The quantitative estimate of drug-likeness (QED) is 0.688. The third-order valence-corrected chi connectivity index (χ3v) is 3.63. The van der Waals surface area contributed by atoms with Crippen molar-refractivity contribution in [2.75, 3.05) is 5.88 Å². The first-order valence-corrected chi connectivity index (χ1v) is 7.17. The van der Waals surface area contributed by atoms with Gasteiger partial charge in [0.25, 0.3) is 0 Å². The molecule has 0 spiro atoms. The topological polar surface area (TPSA) is 43.9 Å². The summed E-state index contributed by atoms with van der Waals surface area (Å²) < 4.78 is 7.93. The van der Waals surface area contributed by atoms with Crippen LogP contribution in [0, 0.1) is 6.92 Å². The van der Waals surface area contributed by atoms with Crippen molar-refractivity contribution in [1.82, 2.24) is 14.5 Å². The molecule has 0 amide bonds. The van der Waals surface area contributed by atoms with Crippen molar-refractivity contribution in [2.24, 2.45) is 0 Å². The molecule has 0 bridgehead atoms. The smallest absolute Gasteiger partial charge is 0.126 e. The lowest BCUT2D eigenvalue weighted by Gasteiger charge is -2.15. The average molecular weight is 290 g/mol. The van der Waals surface area contributed by atoms with E-state index in [1.165, 1.54) is 0 Å². The van der Waals surface area contributed by atoms with Crippen molar-refractivity contribution >= 4 is 22.6 Å². The second-order valence-electron chi connectivity index (χ2n) is 4.83. The van der Waals surface area contributed by atoms with E-state index in [4.69, 9.17) is 16.0 Å². The van der Waals surface area contributed by atoms with Crippen LogP contribution in [0.4, 0.5) is 0 Å². The Morgan fingerprint density at radius 1 is 1.35 bits per heavy atom. The van der Waals surface area contributed by atoms with Crippen LogP contribution < -0.4 is 0 Å². The summed E-state index contributed by atoms with van der Waals surface area (Å²) in [6, 6.07) is 6.05. The van der Waals surface area contributed by atoms with Gasteiger partial charge in [0.1, 0.15) is 22.9 Å². The maximum absolute atomic E-state index is 5.90. The second-order valence-corrected chi connectivity index (χ2v) is 5.20. The van der Waals surface area contributed by atoms with Crippen LogP contribution in [-0.2, 0) is 6.42 Å². The zero-order valence-electron chi connectivity index (χ0n) is 11.5. The van der Waals surface area contributed by atoms with E-state index in [-0.39, 0.29) is 6.04 Å². The van der Waals surface area contributed by atoms with E-state index in [9.17, 15) is 0 Å². The van der Waals surface area contributed by atoms with Crippen LogP contribution in [-0.4, -0.2) is 20.4 Å². The van der Waals surface area contributed by atoms with Gasteiger partial charge in [-0.2, -0.15) is 0 Å². The summed E-state index contributed by atoms with van der Waals surface area (Å²) in [4.78, 5) is 8.76. The van der Waals surface area contributed by atoms with Crippen molar-refractivity contribution < 1.29 is 4.42 Å². The van der Waals surface area contributed by atoms with E-state index in [1.807, 2.05) is 25.1 Å². The van der Waals surface area contributed by atoms with Crippen LogP contribution in [0.3, 0.4) is 0 Å². The van der Waals surface area contributed by atoms with E-state index in [0.717, 1.165) is 34.8 Å². The molecular weight excluding hydrogens is 274 g/mol. The lowest BCUT2D eigenvalue weighted by molar-refractivity contribution is 0.428. The number of aryl methyl sites for hydroxylation is 2. The first kappa shape index (κ1) is 13.2. The standard InChI is InChI=1S/C15H16ClN3O/c1-10-3-4-14(20-10)11(2)19-13-6-8-17-9-12(13)18-15(19)5-7-16/h3-4,6,8-9,11H,5,7H2,1-2H3. The molecule has 0 aliphatic carbocycles. The zero-order chi connectivity index (χ0) is 14.1. The number of nitrogens with zero attached hydrogens (tertiary/aromatic N) is 3. The number of furan rings is 1. The predicted molar refractivity (Wildman–Crippen MR) is 79.2 cm³/mol. The summed E-state index contributed by atoms with van der Waals surface area (Å²) in [6.45, 7) is 4.06. The SMILES string of the molecule is Cc1ccc(C(C)n2c(CCCl)nc3cnccc32)o1. The van der Waals surface area contributed by atoms with Crippen molar-refractivity contribution in [3.05, 3.63) is 47.9 Å². The van der Waals surface area contributed by atoms with Gasteiger partial charge in [-0.3, -0.25) is 4.98 Å². The number of imidazole rings is 1. The third kappa shape index (κ3) is 2.20. The Balaban J connectivity index is 2.15. The van der Waals surface area contributed by atoms with Gasteiger partial charge in [-0.1, -0.05) is 0 Å². The molecule has 0 saturated heterocycles. The largest absolute Gasteiger partial charge is 0.464 e. The minimum absolute atomic E-state index is 0.0781. The number of hydrogen-bond acceptors (Lipinski definition) is 3. The van der Waals surface area contributed by atoms with E-state index in [0.29, 0.717) is 5.88 Å². The fourth-order valence-electron chi connectivity index (χ4n) is 2.50. The summed E-state index contributed by atoms with van der Waals surface area (Å²) in [5.41, 5.74) is 1.95. The highest BCUT2D eigenvalue weighted by Crippen LogP contribution is 2.27. The number of hydrogen-bond donors (Lipinski definition) is 0. The van der Waals surface area contributed by atoms with Gasteiger partial charge in [0.15, 0.2) is 0 Å². The second kappa shape index (κ2) is 5.29. The van der Waals surface area contributed by atoms with Gasteiger partial charge in [-0.05, 0) is 32.0 Å². The lowest BCUT2D eigenvalue weighted by Crippen LogP contribution is -2.10. The molecule has 3 aromatic heterocycles. The molecule has 104 valence electrons. The van der Waals surface area contributed by atoms with Gasteiger partial charge in [0.2, 0.25) is 0 Å². The molecule has 0 radical (unpaired) electrons. The van der Waals surface area contributed by atoms with Crippen molar-refractivity contribution in [3.8, 4) is 0 Å². The molecule has 0 fully saturated rings. The molecule has 0 saturated carbocycles. The monoisotopic (exact) mass is 289 g/mol. The first-order chi connectivity index (χ1) is 9.70. The summed E-state index contributed by atoms with van der Waals surface area (Å²) in [5, 5.41) is 0. The Labute approximate surface area is 122 Å². The molecular formula is C15H16ClN3O. The number of alkyl halides is 1. The predicted octanol–water partition coefficient (Wildman–Crippen LogP) is 3.72. The Morgan fingerprint density at radius 2 is 2.20 bits per heavy atom. The van der Waals surface area contributed by atoms with E-state index in [2.05, 4.69) is 21.5 Å². The molecule has 3 aromatic rings. The molecule has 5 heteroatoms. The third-order valence-electron chi connectivity index (χ3n) is 3.44. The van der Waals surface area contributed by atoms with Crippen LogP contribution in [0.15, 0.2) is 35.0 Å². The normalized spacial score (nSPS) is 12.9. The number of rotatable bonds is 4. The van der Waals surface area contributed by atoms with E-state index >= 15 is 0 Å². The lowest BCUT2D eigenvalue weighted by atomic mass is 10.2. The van der Waals surface area contributed by atoms with Crippen LogP contribution in [0.5, 0.6) is 0 Å². The maximum Gasteiger partial charge on any atom is 0.126 e. The fraction of sp³-hybridized carbons (Fsp3) is 0.333. The van der Waals surface area contributed by atoms with Gasteiger partial charge in [0.05, 0.1) is 17.8 Å².